The third-order valence-corrected chi connectivity index (χ3v) is 5.56. The van der Waals surface area contributed by atoms with Gasteiger partial charge in [0.25, 0.3) is 5.91 Å². The highest BCUT2D eigenvalue weighted by molar-refractivity contribution is 5.97. The number of benzene rings is 2. The van der Waals surface area contributed by atoms with E-state index in [4.69, 9.17) is 0 Å². The maximum Gasteiger partial charge on any atom is 0.263 e. The summed E-state index contributed by atoms with van der Waals surface area (Å²) in [6.45, 7) is 5.99. The Morgan fingerprint density at radius 1 is 1.14 bits per heavy atom. The fourth-order valence-electron chi connectivity index (χ4n) is 3.59. The highest BCUT2D eigenvalue weighted by Gasteiger charge is 2.16. The van der Waals surface area contributed by atoms with Gasteiger partial charge in [0.2, 0.25) is 0 Å². The largest absolute Gasteiger partial charge is 0.360 e. The lowest BCUT2D eigenvalue weighted by molar-refractivity contribution is -0.117. The molecule has 0 saturated carbocycles. The smallest absolute Gasteiger partial charge is 0.263 e. The Labute approximate surface area is 167 Å². The van der Waals surface area contributed by atoms with E-state index in [1.807, 2.05) is 45.0 Å². The Bertz CT molecular complexity index is 953. The number of fused-ring (bicyclic) bond motifs is 1. The second kappa shape index (κ2) is 8.75. The van der Waals surface area contributed by atoms with E-state index in [-0.39, 0.29) is 17.5 Å². The molecule has 0 heterocycles. The van der Waals surface area contributed by atoms with Crippen molar-refractivity contribution in [3.63, 3.8) is 0 Å². The molecule has 1 aliphatic rings. The maximum atomic E-state index is 12.6. The van der Waals surface area contributed by atoms with Gasteiger partial charge < -0.3 is 10.6 Å². The Hall–Kier alpha value is -3.06. The number of anilines is 1. The van der Waals surface area contributed by atoms with Crippen LogP contribution in [0.25, 0.3) is 0 Å². The van der Waals surface area contributed by atoms with E-state index >= 15 is 0 Å². The number of hydrogen-bond acceptors (Lipinski definition) is 3. The van der Waals surface area contributed by atoms with Crippen LogP contribution in [0.3, 0.4) is 0 Å². The summed E-state index contributed by atoms with van der Waals surface area (Å²) in [5.41, 5.74) is 7.09. The first-order chi connectivity index (χ1) is 13.5. The molecule has 0 radical (unpaired) electrons. The molecule has 2 aromatic carbocycles. The van der Waals surface area contributed by atoms with Crippen molar-refractivity contribution >= 4 is 11.6 Å². The minimum absolute atomic E-state index is 0.0608. The number of hydrogen-bond donors (Lipinski definition) is 2. The summed E-state index contributed by atoms with van der Waals surface area (Å²) >= 11 is 0. The summed E-state index contributed by atoms with van der Waals surface area (Å²) in [7, 11) is 0. The summed E-state index contributed by atoms with van der Waals surface area (Å²) < 4.78 is 0. The first kappa shape index (κ1) is 19.7. The van der Waals surface area contributed by atoms with Gasteiger partial charge in [-0.2, -0.15) is 5.26 Å². The highest BCUT2D eigenvalue weighted by atomic mass is 16.1. The second-order valence-corrected chi connectivity index (χ2v) is 7.49. The van der Waals surface area contributed by atoms with Crippen LogP contribution in [0.5, 0.6) is 0 Å². The van der Waals surface area contributed by atoms with Gasteiger partial charge in [-0.15, -0.1) is 0 Å². The molecule has 0 aliphatic heterocycles. The third-order valence-electron chi connectivity index (χ3n) is 5.56. The number of carbonyl (C=O) groups is 1. The van der Waals surface area contributed by atoms with Crippen LogP contribution in [-0.2, 0) is 17.6 Å². The molecule has 1 amide bonds. The zero-order valence-electron chi connectivity index (χ0n) is 16.8. The predicted octanol–water partition coefficient (Wildman–Crippen LogP) is 4.88. The number of rotatable bonds is 5. The van der Waals surface area contributed by atoms with Gasteiger partial charge in [0.05, 0.1) is 6.04 Å². The van der Waals surface area contributed by atoms with Gasteiger partial charge in [-0.05, 0) is 80.3 Å². The van der Waals surface area contributed by atoms with Crippen molar-refractivity contribution in [2.24, 2.45) is 0 Å². The van der Waals surface area contributed by atoms with Crippen LogP contribution in [0, 0.1) is 25.2 Å². The fraction of sp³-hybridized carbons (Fsp3) is 0.333. The van der Waals surface area contributed by atoms with Gasteiger partial charge >= 0.3 is 0 Å². The van der Waals surface area contributed by atoms with E-state index in [0.29, 0.717) is 0 Å². The normalized spacial score (nSPS) is 14.6. The average Bonchev–Trinajstić information content (AvgIpc) is 2.71. The van der Waals surface area contributed by atoms with Crippen molar-refractivity contribution in [1.29, 1.82) is 5.26 Å². The van der Waals surface area contributed by atoms with Crippen molar-refractivity contribution in [2.75, 3.05) is 5.32 Å². The van der Waals surface area contributed by atoms with Crippen molar-refractivity contribution < 1.29 is 4.79 Å². The topological polar surface area (TPSA) is 64.9 Å². The van der Waals surface area contributed by atoms with E-state index < -0.39 is 0 Å². The van der Waals surface area contributed by atoms with Crippen molar-refractivity contribution in [1.82, 2.24) is 5.32 Å². The molecule has 0 spiro atoms. The molecule has 28 heavy (non-hydrogen) atoms. The molecular weight excluding hydrogens is 346 g/mol. The van der Waals surface area contributed by atoms with E-state index in [2.05, 4.69) is 28.8 Å². The molecular formula is C24H27N3O. The summed E-state index contributed by atoms with van der Waals surface area (Å²) in [6.07, 6.45) is 6.20. The molecule has 0 fully saturated rings. The van der Waals surface area contributed by atoms with Crippen molar-refractivity contribution in [2.45, 2.75) is 52.5 Å². The molecule has 3 rings (SSSR count). The molecule has 144 valence electrons. The van der Waals surface area contributed by atoms with Gasteiger partial charge in [0, 0.05) is 11.9 Å². The van der Waals surface area contributed by atoms with Crippen LogP contribution < -0.4 is 10.6 Å². The quantitative estimate of drug-likeness (QED) is 0.580. The zero-order valence-corrected chi connectivity index (χ0v) is 16.8. The van der Waals surface area contributed by atoms with Crippen molar-refractivity contribution in [3.05, 3.63) is 76.0 Å². The molecule has 1 aliphatic carbocycles. The molecule has 4 nitrogen and oxygen atoms in total. The minimum Gasteiger partial charge on any atom is -0.360 e. The van der Waals surface area contributed by atoms with Gasteiger partial charge in [-0.3, -0.25) is 4.79 Å². The van der Waals surface area contributed by atoms with Crippen LogP contribution >= 0.6 is 0 Å². The molecule has 0 aromatic heterocycles. The van der Waals surface area contributed by atoms with Crippen LogP contribution in [-0.4, -0.2) is 5.91 Å². The first-order valence-electron chi connectivity index (χ1n) is 9.85. The van der Waals surface area contributed by atoms with Crippen LogP contribution in [0.2, 0.25) is 0 Å². The number of amides is 1. The number of carbonyl (C=O) groups excluding carboxylic acids is 1. The zero-order chi connectivity index (χ0) is 20.1. The van der Waals surface area contributed by atoms with Crippen molar-refractivity contribution in [3.8, 4) is 6.07 Å². The Morgan fingerprint density at radius 3 is 2.64 bits per heavy atom. The highest BCUT2D eigenvalue weighted by Crippen LogP contribution is 2.25. The fourth-order valence-corrected chi connectivity index (χ4v) is 3.59. The van der Waals surface area contributed by atoms with E-state index in [1.165, 1.54) is 30.2 Å². The van der Waals surface area contributed by atoms with Gasteiger partial charge in [-0.25, -0.2) is 0 Å². The summed E-state index contributed by atoms with van der Waals surface area (Å²) in [5, 5.41) is 15.5. The predicted molar refractivity (Wildman–Crippen MR) is 113 cm³/mol. The number of nitrogens with one attached hydrogen (secondary N) is 2. The SMILES string of the molecule is Cc1cccc(N/C=C(/C#N)C(=O)NC(C)c2ccc3c(c2)CCCC3)c1C. The first-order valence-corrected chi connectivity index (χ1v) is 9.85. The van der Waals surface area contributed by atoms with Crippen LogP contribution in [0.4, 0.5) is 5.69 Å². The molecule has 1 unspecified atom stereocenters. The minimum atomic E-state index is -0.370. The Balaban J connectivity index is 1.69. The van der Waals surface area contributed by atoms with E-state index in [9.17, 15) is 10.1 Å². The Morgan fingerprint density at radius 2 is 1.89 bits per heavy atom. The third kappa shape index (κ3) is 4.43. The molecule has 0 bridgehead atoms. The molecule has 2 aromatic rings. The lowest BCUT2D eigenvalue weighted by atomic mass is 9.89. The summed E-state index contributed by atoms with van der Waals surface area (Å²) in [5.74, 6) is -0.370. The average molecular weight is 374 g/mol. The molecule has 2 N–H and O–H groups in total. The maximum absolute atomic E-state index is 12.6. The van der Waals surface area contributed by atoms with Crippen LogP contribution in [0.1, 0.15) is 53.6 Å². The number of nitriles is 1. The Kier molecular flexibility index (Phi) is 6.16. The monoisotopic (exact) mass is 373 g/mol. The molecule has 1 atom stereocenters. The lowest BCUT2D eigenvalue weighted by Crippen LogP contribution is -2.28. The standard InChI is InChI=1S/C24H27N3O/c1-16-7-6-10-23(17(16)2)26-15-22(14-25)24(28)27-18(3)20-12-11-19-8-4-5-9-21(19)13-20/h6-7,10-13,15,18,26H,4-5,8-9H2,1-3H3,(H,27,28)/b22-15-. The number of aryl methyl sites for hydroxylation is 3. The summed E-state index contributed by atoms with van der Waals surface area (Å²) in [6, 6.07) is 14.2. The number of nitrogens with zero attached hydrogens (tertiary/aromatic N) is 1. The van der Waals surface area contributed by atoms with Crippen LogP contribution in [0.15, 0.2) is 48.2 Å². The van der Waals surface area contributed by atoms with Gasteiger partial charge in [0.1, 0.15) is 11.6 Å². The second-order valence-electron chi connectivity index (χ2n) is 7.49. The lowest BCUT2D eigenvalue weighted by Gasteiger charge is -2.20. The van der Waals surface area contributed by atoms with E-state index in [1.54, 1.807) is 0 Å². The van der Waals surface area contributed by atoms with E-state index in [0.717, 1.165) is 35.2 Å². The molecule has 4 heteroatoms. The summed E-state index contributed by atoms with van der Waals surface area (Å²) in [4.78, 5) is 12.6. The van der Waals surface area contributed by atoms with Gasteiger partial charge in [-0.1, -0.05) is 30.3 Å². The molecule has 0 saturated heterocycles. The van der Waals surface area contributed by atoms with Gasteiger partial charge in [0.15, 0.2) is 0 Å².